The average molecular weight is 257 g/mol. The van der Waals surface area contributed by atoms with E-state index >= 15 is 0 Å². The smallest absolute Gasteiger partial charge is 0.0234 e. The molecule has 0 aromatic heterocycles. The second kappa shape index (κ2) is 6.07. The van der Waals surface area contributed by atoms with Crippen LogP contribution in [0.5, 0.6) is 0 Å². The van der Waals surface area contributed by atoms with E-state index in [0.717, 1.165) is 5.75 Å². The third-order valence-electron chi connectivity index (χ3n) is 3.08. The van der Waals surface area contributed by atoms with E-state index in [1.165, 1.54) is 27.1 Å². The van der Waals surface area contributed by atoms with Gasteiger partial charge in [0.2, 0.25) is 0 Å². The minimum atomic E-state index is 0.609. The van der Waals surface area contributed by atoms with Crippen LogP contribution in [0.25, 0.3) is 0 Å². The van der Waals surface area contributed by atoms with Gasteiger partial charge in [-0.3, -0.25) is 0 Å². The molecule has 18 heavy (non-hydrogen) atoms. The summed E-state index contributed by atoms with van der Waals surface area (Å²) in [5.74, 6) is 1.00. The van der Waals surface area contributed by atoms with Crippen molar-refractivity contribution in [3.05, 3.63) is 64.7 Å². The lowest BCUT2D eigenvalue weighted by Crippen LogP contribution is -1.99. The summed E-state index contributed by atoms with van der Waals surface area (Å²) in [5, 5.41) is 0. The van der Waals surface area contributed by atoms with E-state index in [0.29, 0.717) is 6.54 Å². The lowest BCUT2D eigenvalue weighted by atomic mass is 10.1. The van der Waals surface area contributed by atoms with Gasteiger partial charge < -0.3 is 5.73 Å². The maximum Gasteiger partial charge on any atom is 0.0234 e. The number of aryl methyl sites for hydroxylation is 2. The summed E-state index contributed by atoms with van der Waals surface area (Å²) in [7, 11) is 0. The minimum Gasteiger partial charge on any atom is -0.326 e. The predicted molar refractivity (Wildman–Crippen MR) is 79.8 cm³/mol. The van der Waals surface area contributed by atoms with Crippen LogP contribution >= 0.6 is 11.8 Å². The summed E-state index contributed by atoms with van der Waals surface area (Å²) in [5.41, 5.74) is 11.1. The zero-order valence-corrected chi connectivity index (χ0v) is 11.8. The van der Waals surface area contributed by atoms with Gasteiger partial charge in [-0.2, -0.15) is 0 Å². The fourth-order valence-electron chi connectivity index (χ4n) is 1.94. The standard InChI is InChI=1S/C16H19NS/c1-12-7-8-16(15(9-12)10-17)18-11-14-6-4-3-5-13(14)2/h3-9H,10-11,17H2,1-2H3. The van der Waals surface area contributed by atoms with Crippen molar-refractivity contribution in [2.45, 2.75) is 31.0 Å². The minimum absolute atomic E-state index is 0.609. The molecule has 0 aliphatic heterocycles. The monoisotopic (exact) mass is 257 g/mol. The molecule has 2 N–H and O–H groups in total. The maximum absolute atomic E-state index is 5.81. The van der Waals surface area contributed by atoms with E-state index in [9.17, 15) is 0 Å². The van der Waals surface area contributed by atoms with Crippen LogP contribution in [-0.2, 0) is 12.3 Å². The Hall–Kier alpha value is -1.25. The molecule has 2 rings (SSSR count). The van der Waals surface area contributed by atoms with Crippen molar-refractivity contribution in [1.82, 2.24) is 0 Å². The Morgan fingerprint density at radius 2 is 1.78 bits per heavy atom. The van der Waals surface area contributed by atoms with Gasteiger partial charge in [0.05, 0.1) is 0 Å². The van der Waals surface area contributed by atoms with E-state index < -0.39 is 0 Å². The normalized spacial score (nSPS) is 10.6. The summed E-state index contributed by atoms with van der Waals surface area (Å²) >= 11 is 1.87. The molecule has 2 heteroatoms. The van der Waals surface area contributed by atoms with E-state index in [1.807, 2.05) is 11.8 Å². The lowest BCUT2D eigenvalue weighted by Gasteiger charge is -2.10. The Labute approximate surface area is 113 Å². The summed E-state index contributed by atoms with van der Waals surface area (Å²) in [4.78, 5) is 1.30. The highest BCUT2D eigenvalue weighted by atomic mass is 32.2. The van der Waals surface area contributed by atoms with E-state index in [2.05, 4.69) is 56.3 Å². The highest BCUT2D eigenvalue weighted by Crippen LogP contribution is 2.27. The molecule has 0 saturated heterocycles. The van der Waals surface area contributed by atoms with Gasteiger partial charge in [0, 0.05) is 17.2 Å². The number of hydrogen-bond donors (Lipinski definition) is 1. The molecule has 0 fully saturated rings. The summed E-state index contributed by atoms with van der Waals surface area (Å²) in [6, 6.07) is 15.1. The molecule has 0 radical (unpaired) electrons. The van der Waals surface area contributed by atoms with Crippen LogP contribution in [0, 0.1) is 13.8 Å². The molecule has 0 saturated carbocycles. The van der Waals surface area contributed by atoms with E-state index in [4.69, 9.17) is 5.73 Å². The van der Waals surface area contributed by atoms with Crippen molar-refractivity contribution in [2.75, 3.05) is 0 Å². The Kier molecular flexibility index (Phi) is 4.45. The third kappa shape index (κ3) is 3.15. The Bertz CT molecular complexity index is 534. The molecule has 0 unspecified atom stereocenters. The molecule has 0 aliphatic carbocycles. The molecule has 2 aromatic carbocycles. The summed E-state index contributed by atoms with van der Waals surface area (Å²) in [6.07, 6.45) is 0. The predicted octanol–water partition coefficient (Wildman–Crippen LogP) is 4.05. The number of hydrogen-bond acceptors (Lipinski definition) is 2. The second-order valence-corrected chi connectivity index (χ2v) is 5.55. The molecular formula is C16H19NS. The van der Waals surface area contributed by atoms with Gasteiger partial charge in [0.1, 0.15) is 0 Å². The Morgan fingerprint density at radius 3 is 2.50 bits per heavy atom. The van der Waals surface area contributed by atoms with Crippen LogP contribution in [0.1, 0.15) is 22.3 Å². The maximum atomic E-state index is 5.81. The van der Waals surface area contributed by atoms with Crippen LogP contribution in [0.2, 0.25) is 0 Å². The van der Waals surface area contributed by atoms with Crippen molar-refractivity contribution in [3.63, 3.8) is 0 Å². The summed E-state index contributed by atoms with van der Waals surface area (Å²) < 4.78 is 0. The lowest BCUT2D eigenvalue weighted by molar-refractivity contribution is 1.02. The van der Waals surface area contributed by atoms with Crippen LogP contribution in [0.4, 0.5) is 0 Å². The van der Waals surface area contributed by atoms with Crippen molar-refractivity contribution < 1.29 is 0 Å². The zero-order chi connectivity index (χ0) is 13.0. The van der Waals surface area contributed by atoms with Gasteiger partial charge in [-0.1, -0.05) is 42.0 Å². The molecule has 94 valence electrons. The molecule has 1 nitrogen and oxygen atoms in total. The van der Waals surface area contributed by atoms with Gasteiger partial charge in [0.15, 0.2) is 0 Å². The van der Waals surface area contributed by atoms with Gasteiger partial charge in [-0.05, 0) is 36.6 Å². The van der Waals surface area contributed by atoms with Crippen molar-refractivity contribution in [1.29, 1.82) is 0 Å². The molecule has 0 aliphatic rings. The van der Waals surface area contributed by atoms with Crippen molar-refractivity contribution in [2.24, 2.45) is 5.73 Å². The van der Waals surface area contributed by atoms with Crippen LogP contribution in [0.3, 0.4) is 0 Å². The van der Waals surface area contributed by atoms with Crippen LogP contribution in [-0.4, -0.2) is 0 Å². The number of benzene rings is 2. The first-order chi connectivity index (χ1) is 8.70. The SMILES string of the molecule is Cc1ccc(SCc2ccccc2C)c(CN)c1. The second-order valence-electron chi connectivity index (χ2n) is 4.53. The van der Waals surface area contributed by atoms with Gasteiger partial charge in [-0.25, -0.2) is 0 Å². The molecule has 0 bridgehead atoms. The first kappa shape index (κ1) is 13.2. The van der Waals surface area contributed by atoms with Crippen molar-refractivity contribution in [3.8, 4) is 0 Å². The molecule has 2 aromatic rings. The fourth-order valence-corrected chi connectivity index (χ4v) is 3.06. The Morgan fingerprint density at radius 1 is 1.00 bits per heavy atom. The molecule has 0 amide bonds. The highest BCUT2D eigenvalue weighted by Gasteiger charge is 2.04. The number of nitrogens with two attached hydrogens (primary N) is 1. The van der Waals surface area contributed by atoms with Gasteiger partial charge in [-0.15, -0.1) is 11.8 Å². The topological polar surface area (TPSA) is 26.0 Å². The van der Waals surface area contributed by atoms with Crippen LogP contribution < -0.4 is 5.73 Å². The molecular weight excluding hydrogens is 238 g/mol. The molecule has 0 heterocycles. The van der Waals surface area contributed by atoms with Gasteiger partial charge in [0.25, 0.3) is 0 Å². The van der Waals surface area contributed by atoms with Crippen LogP contribution in [0.15, 0.2) is 47.4 Å². The fraction of sp³-hybridized carbons (Fsp3) is 0.250. The first-order valence-corrected chi connectivity index (χ1v) is 7.16. The largest absolute Gasteiger partial charge is 0.326 e. The Balaban J connectivity index is 2.13. The zero-order valence-electron chi connectivity index (χ0n) is 10.9. The quantitative estimate of drug-likeness (QED) is 0.836. The highest BCUT2D eigenvalue weighted by molar-refractivity contribution is 7.98. The number of rotatable bonds is 4. The summed E-state index contributed by atoms with van der Waals surface area (Å²) in [6.45, 7) is 4.88. The van der Waals surface area contributed by atoms with Crippen molar-refractivity contribution >= 4 is 11.8 Å². The molecule has 0 atom stereocenters. The van der Waals surface area contributed by atoms with E-state index in [-0.39, 0.29) is 0 Å². The third-order valence-corrected chi connectivity index (χ3v) is 4.24. The van der Waals surface area contributed by atoms with E-state index in [1.54, 1.807) is 0 Å². The average Bonchev–Trinajstić information content (AvgIpc) is 2.39. The first-order valence-electron chi connectivity index (χ1n) is 6.17. The number of thioether (sulfide) groups is 1. The van der Waals surface area contributed by atoms with Gasteiger partial charge >= 0.3 is 0 Å². The molecule has 0 spiro atoms.